The number of terminal acetylenes is 1. The van der Waals surface area contributed by atoms with Crippen LogP contribution in [0.3, 0.4) is 0 Å². The van der Waals surface area contributed by atoms with E-state index in [-0.39, 0.29) is 0 Å². The summed E-state index contributed by atoms with van der Waals surface area (Å²) in [6.07, 6.45) is 5.16. The predicted molar refractivity (Wildman–Crippen MR) is 66.4 cm³/mol. The fourth-order valence-corrected chi connectivity index (χ4v) is 1.76. The maximum atomic E-state index is 5.80. The smallest absolute Gasteiger partial charge is 0.209 e. The number of rotatable bonds is 3. The molecular weight excluding hydrogens is 242 g/mol. The van der Waals surface area contributed by atoms with Crippen LogP contribution in [0.1, 0.15) is 0 Å². The minimum Gasteiger partial charge on any atom is -0.258 e. The average Bonchev–Trinajstić information content (AvgIpc) is 2.76. The van der Waals surface area contributed by atoms with Crippen molar-refractivity contribution in [2.24, 2.45) is 0 Å². The van der Waals surface area contributed by atoms with Gasteiger partial charge in [0.15, 0.2) is 5.82 Å². The van der Waals surface area contributed by atoms with Crippen LogP contribution in [-0.2, 0) is 0 Å². The topological polar surface area (TPSA) is 41.6 Å². The number of benzene rings is 1. The maximum Gasteiger partial charge on any atom is 0.209 e. The maximum absolute atomic E-state index is 5.80. The summed E-state index contributed by atoms with van der Waals surface area (Å²) in [4.78, 5) is 4.31. The Balaban J connectivity index is 2.18. The highest BCUT2D eigenvalue weighted by Crippen LogP contribution is 2.20. The fourth-order valence-electron chi connectivity index (χ4n) is 1.15. The van der Waals surface area contributed by atoms with Crippen LogP contribution in [0.15, 0.2) is 29.4 Å². The monoisotopic (exact) mass is 249 g/mol. The van der Waals surface area contributed by atoms with Crippen LogP contribution in [0.5, 0.6) is 0 Å². The largest absolute Gasteiger partial charge is 0.258 e. The standard InChI is InChI=1S/C11H8ClN3S/c1-2-7-16-11-13-10(14-15-11)8-3-5-9(12)6-4-8/h1,3-6H,7H2,(H,13,14,15). The molecule has 16 heavy (non-hydrogen) atoms. The van der Waals surface area contributed by atoms with Gasteiger partial charge in [0.2, 0.25) is 5.16 Å². The second-order valence-electron chi connectivity index (χ2n) is 2.97. The first-order valence-corrected chi connectivity index (χ1v) is 5.90. The molecule has 1 aromatic heterocycles. The minimum absolute atomic E-state index is 0.567. The summed E-state index contributed by atoms with van der Waals surface area (Å²) in [5.41, 5.74) is 0.949. The average molecular weight is 250 g/mol. The second kappa shape index (κ2) is 5.06. The van der Waals surface area contributed by atoms with E-state index in [1.807, 2.05) is 24.3 Å². The van der Waals surface area contributed by atoms with Crippen molar-refractivity contribution in [1.82, 2.24) is 15.2 Å². The number of nitrogens with zero attached hydrogens (tertiary/aromatic N) is 2. The highest BCUT2D eigenvalue weighted by molar-refractivity contribution is 7.99. The number of hydrogen-bond donors (Lipinski definition) is 1. The molecule has 0 saturated heterocycles. The quantitative estimate of drug-likeness (QED) is 0.672. The Morgan fingerprint density at radius 3 is 2.81 bits per heavy atom. The van der Waals surface area contributed by atoms with Crippen LogP contribution in [-0.4, -0.2) is 20.9 Å². The van der Waals surface area contributed by atoms with Gasteiger partial charge in [0, 0.05) is 10.6 Å². The van der Waals surface area contributed by atoms with Crippen molar-refractivity contribution >= 4 is 23.4 Å². The third-order valence-corrected chi connectivity index (χ3v) is 2.87. The Kier molecular flexibility index (Phi) is 3.50. The van der Waals surface area contributed by atoms with Gasteiger partial charge < -0.3 is 0 Å². The molecule has 80 valence electrons. The van der Waals surface area contributed by atoms with E-state index in [2.05, 4.69) is 21.1 Å². The van der Waals surface area contributed by atoms with Gasteiger partial charge in [-0.3, -0.25) is 5.10 Å². The molecule has 0 spiro atoms. The van der Waals surface area contributed by atoms with Crippen molar-refractivity contribution in [2.45, 2.75) is 5.16 Å². The van der Waals surface area contributed by atoms with E-state index in [0.717, 1.165) is 11.4 Å². The lowest BCUT2D eigenvalue weighted by Crippen LogP contribution is -1.80. The van der Waals surface area contributed by atoms with Crippen LogP contribution < -0.4 is 0 Å². The molecular formula is C11H8ClN3S. The van der Waals surface area contributed by atoms with Gasteiger partial charge in [-0.05, 0) is 24.3 Å². The van der Waals surface area contributed by atoms with Crippen molar-refractivity contribution in [2.75, 3.05) is 5.75 Å². The van der Waals surface area contributed by atoms with Gasteiger partial charge >= 0.3 is 0 Å². The number of thioether (sulfide) groups is 1. The van der Waals surface area contributed by atoms with Crippen molar-refractivity contribution < 1.29 is 0 Å². The Morgan fingerprint density at radius 1 is 1.38 bits per heavy atom. The van der Waals surface area contributed by atoms with Crippen molar-refractivity contribution in [3.63, 3.8) is 0 Å². The summed E-state index contributed by atoms with van der Waals surface area (Å²) in [5, 5.41) is 8.26. The molecule has 5 heteroatoms. The third-order valence-electron chi connectivity index (χ3n) is 1.87. The van der Waals surface area contributed by atoms with Crippen LogP contribution >= 0.6 is 23.4 Å². The lowest BCUT2D eigenvalue weighted by molar-refractivity contribution is 0.975. The molecule has 0 bridgehead atoms. The molecule has 1 aromatic carbocycles. The highest BCUT2D eigenvalue weighted by Gasteiger charge is 2.05. The van der Waals surface area contributed by atoms with Crippen molar-refractivity contribution in [1.29, 1.82) is 0 Å². The predicted octanol–water partition coefficient (Wildman–Crippen LogP) is 2.85. The minimum atomic E-state index is 0.567. The summed E-state index contributed by atoms with van der Waals surface area (Å²) in [6.45, 7) is 0. The van der Waals surface area contributed by atoms with Crippen molar-refractivity contribution in [3.05, 3.63) is 29.3 Å². The molecule has 3 nitrogen and oxygen atoms in total. The van der Waals surface area contributed by atoms with Crippen LogP contribution in [0.25, 0.3) is 11.4 Å². The molecule has 0 aliphatic carbocycles. The number of nitrogens with one attached hydrogen (secondary N) is 1. The summed E-state index contributed by atoms with van der Waals surface area (Å²) in [7, 11) is 0. The Labute approximate surface area is 103 Å². The van der Waals surface area contributed by atoms with Crippen LogP contribution in [0.2, 0.25) is 5.02 Å². The van der Waals surface area contributed by atoms with E-state index >= 15 is 0 Å². The molecule has 2 rings (SSSR count). The van der Waals surface area contributed by atoms with Gasteiger partial charge in [-0.25, -0.2) is 4.98 Å². The molecule has 1 N–H and O–H groups in total. The Morgan fingerprint density at radius 2 is 2.12 bits per heavy atom. The van der Waals surface area contributed by atoms with Crippen LogP contribution in [0.4, 0.5) is 0 Å². The first-order valence-electron chi connectivity index (χ1n) is 4.54. The first kappa shape index (κ1) is 11.1. The summed E-state index contributed by atoms with van der Waals surface area (Å²) < 4.78 is 0. The third kappa shape index (κ3) is 2.57. The van der Waals surface area contributed by atoms with E-state index in [1.54, 1.807) is 0 Å². The van der Waals surface area contributed by atoms with Gasteiger partial charge in [-0.15, -0.1) is 11.5 Å². The highest BCUT2D eigenvalue weighted by atomic mass is 35.5. The number of H-pyrrole nitrogens is 1. The molecule has 0 saturated carbocycles. The lowest BCUT2D eigenvalue weighted by atomic mass is 10.2. The van der Waals surface area contributed by atoms with Gasteiger partial charge in [-0.1, -0.05) is 29.3 Å². The van der Waals surface area contributed by atoms with E-state index in [4.69, 9.17) is 18.0 Å². The molecule has 0 unspecified atom stereocenters. The zero-order valence-corrected chi connectivity index (χ0v) is 9.85. The molecule has 0 amide bonds. The number of aromatic amines is 1. The van der Waals surface area contributed by atoms with Gasteiger partial charge in [0.05, 0.1) is 5.75 Å². The Hall–Kier alpha value is -1.44. The summed E-state index contributed by atoms with van der Waals surface area (Å²) in [5.74, 6) is 3.81. The molecule has 0 fully saturated rings. The molecule has 0 atom stereocenters. The summed E-state index contributed by atoms with van der Waals surface area (Å²) >= 11 is 7.22. The number of halogens is 1. The number of aromatic nitrogens is 3. The zero-order valence-electron chi connectivity index (χ0n) is 8.27. The normalized spacial score (nSPS) is 10.0. The second-order valence-corrected chi connectivity index (χ2v) is 4.35. The van der Waals surface area contributed by atoms with E-state index in [1.165, 1.54) is 11.8 Å². The van der Waals surface area contributed by atoms with Gasteiger partial charge in [0.25, 0.3) is 0 Å². The van der Waals surface area contributed by atoms with Crippen LogP contribution in [0, 0.1) is 12.3 Å². The van der Waals surface area contributed by atoms with Crippen molar-refractivity contribution in [3.8, 4) is 23.7 Å². The molecule has 0 aliphatic heterocycles. The van der Waals surface area contributed by atoms with E-state index in [0.29, 0.717) is 15.9 Å². The molecule has 0 aliphatic rings. The first-order chi connectivity index (χ1) is 7.79. The molecule has 1 heterocycles. The van der Waals surface area contributed by atoms with Gasteiger partial charge in [0.1, 0.15) is 0 Å². The SMILES string of the molecule is C#CCSc1n[nH]c(-c2ccc(Cl)cc2)n1. The summed E-state index contributed by atoms with van der Waals surface area (Å²) in [6, 6.07) is 7.40. The lowest BCUT2D eigenvalue weighted by Gasteiger charge is -1.94. The van der Waals surface area contributed by atoms with E-state index < -0.39 is 0 Å². The number of hydrogen-bond acceptors (Lipinski definition) is 3. The van der Waals surface area contributed by atoms with Gasteiger partial charge in [-0.2, -0.15) is 0 Å². The Bertz CT molecular complexity index is 513. The molecule has 2 aromatic rings. The zero-order chi connectivity index (χ0) is 11.4. The fraction of sp³-hybridized carbons (Fsp3) is 0.0909. The molecule has 0 radical (unpaired) electrons. The van der Waals surface area contributed by atoms with E-state index in [9.17, 15) is 0 Å².